The molecule has 7 heteroatoms. The van der Waals surface area contributed by atoms with E-state index in [0.717, 1.165) is 11.3 Å². The summed E-state index contributed by atoms with van der Waals surface area (Å²) in [6.45, 7) is 3.06. The summed E-state index contributed by atoms with van der Waals surface area (Å²) < 4.78 is 35.2. The summed E-state index contributed by atoms with van der Waals surface area (Å²) in [5.74, 6) is -0.825. The standard InChI is InChI=1S/C21H19F2N3O2/c1-14-6-7-17(19(23)10-14)21(27)25-8-9-26-16(12-25)11-20(24-26)28-13-15-4-2-3-5-18(15)22/h2-7,10-11H,8-9,12-13H2,1H3. The van der Waals surface area contributed by atoms with Crippen LogP contribution >= 0.6 is 0 Å². The van der Waals surface area contributed by atoms with Gasteiger partial charge in [-0.1, -0.05) is 24.3 Å². The number of fused-ring (bicyclic) bond motifs is 1. The number of aryl methyl sites for hydroxylation is 1. The highest BCUT2D eigenvalue weighted by atomic mass is 19.1. The fraction of sp³-hybridized carbons (Fsp3) is 0.238. The smallest absolute Gasteiger partial charge is 0.257 e. The molecule has 5 nitrogen and oxygen atoms in total. The molecule has 2 aromatic carbocycles. The first-order chi connectivity index (χ1) is 13.5. The minimum Gasteiger partial charge on any atom is -0.472 e. The summed E-state index contributed by atoms with van der Waals surface area (Å²) in [7, 11) is 0. The van der Waals surface area contributed by atoms with E-state index in [1.54, 1.807) is 46.8 Å². The Morgan fingerprint density at radius 2 is 1.93 bits per heavy atom. The maximum absolute atomic E-state index is 14.1. The molecule has 28 heavy (non-hydrogen) atoms. The molecular formula is C21H19F2N3O2. The highest BCUT2D eigenvalue weighted by molar-refractivity contribution is 5.94. The summed E-state index contributed by atoms with van der Waals surface area (Å²) >= 11 is 0. The zero-order chi connectivity index (χ0) is 19.7. The second-order valence-corrected chi connectivity index (χ2v) is 6.79. The molecule has 0 spiro atoms. The molecule has 4 rings (SSSR count). The van der Waals surface area contributed by atoms with Crippen LogP contribution in [0.2, 0.25) is 0 Å². The Morgan fingerprint density at radius 3 is 2.71 bits per heavy atom. The van der Waals surface area contributed by atoms with Gasteiger partial charge in [0.2, 0.25) is 5.88 Å². The van der Waals surface area contributed by atoms with Crippen molar-refractivity contribution in [1.29, 1.82) is 0 Å². The normalized spacial score (nSPS) is 13.3. The molecule has 0 radical (unpaired) electrons. The summed E-state index contributed by atoms with van der Waals surface area (Å²) in [4.78, 5) is 14.3. The number of nitrogens with zero attached hydrogens (tertiary/aromatic N) is 3. The summed E-state index contributed by atoms with van der Waals surface area (Å²) in [6, 6.07) is 12.7. The van der Waals surface area contributed by atoms with E-state index in [4.69, 9.17) is 4.74 Å². The summed E-state index contributed by atoms with van der Waals surface area (Å²) in [5, 5.41) is 4.35. The van der Waals surface area contributed by atoms with Crippen LogP contribution in [0.5, 0.6) is 5.88 Å². The zero-order valence-electron chi connectivity index (χ0n) is 15.4. The molecule has 2 heterocycles. The van der Waals surface area contributed by atoms with Gasteiger partial charge in [-0.2, -0.15) is 0 Å². The average Bonchev–Trinajstić information content (AvgIpc) is 3.09. The van der Waals surface area contributed by atoms with Gasteiger partial charge in [0.05, 0.1) is 24.3 Å². The monoisotopic (exact) mass is 383 g/mol. The van der Waals surface area contributed by atoms with E-state index < -0.39 is 5.82 Å². The van der Waals surface area contributed by atoms with Crippen molar-refractivity contribution in [1.82, 2.24) is 14.7 Å². The second-order valence-electron chi connectivity index (χ2n) is 6.79. The van der Waals surface area contributed by atoms with Crippen LogP contribution in [0.15, 0.2) is 48.5 Å². The minimum atomic E-state index is -0.516. The van der Waals surface area contributed by atoms with Gasteiger partial charge in [-0.05, 0) is 30.7 Å². The van der Waals surface area contributed by atoms with E-state index >= 15 is 0 Å². The number of amides is 1. The molecule has 1 aliphatic rings. The van der Waals surface area contributed by atoms with Crippen molar-refractivity contribution in [3.8, 4) is 5.88 Å². The van der Waals surface area contributed by atoms with Gasteiger partial charge < -0.3 is 9.64 Å². The van der Waals surface area contributed by atoms with Crippen LogP contribution in [0.4, 0.5) is 8.78 Å². The number of carbonyl (C=O) groups is 1. The molecule has 1 aliphatic heterocycles. The van der Waals surface area contributed by atoms with Gasteiger partial charge in [0.25, 0.3) is 5.91 Å². The minimum absolute atomic E-state index is 0.0644. The fourth-order valence-corrected chi connectivity index (χ4v) is 3.21. The van der Waals surface area contributed by atoms with Crippen LogP contribution in [-0.4, -0.2) is 27.1 Å². The topological polar surface area (TPSA) is 47.4 Å². The fourth-order valence-electron chi connectivity index (χ4n) is 3.21. The van der Waals surface area contributed by atoms with Crippen LogP contribution in [0.3, 0.4) is 0 Å². The number of hydrogen-bond donors (Lipinski definition) is 0. The van der Waals surface area contributed by atoms with Crippen molar-refractivity contribution in [2.75, 3.05) is 6.54 Å². The van der Waals surface area contributed by atoms with Crippen LogP contribution in [0, 0.1) is 18.6 Å². The van der Waals surface area contributed by atoms with Gasteiger partial charge in [-0.15, -0.1) is 5.10 Å². The van der Waals surface area contributed by atoms with E-state index in [-0.39, 0.29) is 23.9 Å². The second kappa shape index (κ2) is 7.42. The lowest BCUT2D eigenvalue weighted by Gasteiger charge is -2.27. The van der Waals surface area contributed by atoms with E-state index in [0.29, 0.717) is 31.1 Å². The highest BCUT2D eigenvalue weighted by Gasteiger charge is 2.25. The predicted octanol–water partition coefficient (Wildman–Crippen LogP) is 3.70. The summed E-state index contributed by atoms with van der Waals surface area (Å²) in [6.07, 6.45) is 0. The maximum atomic E-state index is 14.1. The van der Waals surface area contributed by atoms with Crippen molar-refractivity contribution in [2.45, 2.75) is 26.6 Å². The number of hydrogen-bond acceptors (Lipinski definition) is 3. The Hall–Kier alpha value is -3.22. The molecule has 0 N–H and O–H groups in total. The van der Waals surface area contributed by atoms with Crippen LogP contribution < -0.4 is 4.74 Å². The molecule has 0 saturated heterocycles. The molecule has 1 aromatic heterocycles. The Morgan fingerprint density at radius 1 is 1.11 bits per heavy atom. The first-order valence-electron chi connectivity index (χ1n) is 8.99. The molecular weight excluding hydrogens is 364 g/mol. The van der Waals surface area contributed by atoms with Crippen molar-refractivity contribution in [3.05, 3.63) is 82.5 Å². The maximum Gasteiger partial charge on any atom is 0.257 e. The van der Waals surface area contributed by atoms with E-state index in [2.05, 4.69) is 5.10 Å². The highest BCUT2D eigenvalue weighted by Crippen LogP contribution is 2.22. The Balaban J connectivity index is 1.45. The molecule has 0 saturated carbocycles. The number of benzene rings is 2. The Kier molecular flexibility index (Phi) is 4.81. The lowest BCUT2D eigenvalue weighted by molar-refractivity contribution is 0.0701. The lowest BCUT2D eigenvalue weighted by atomic mass is 10.1. The van der Waals surface area contributed by atoms with E-state index in [1.807, 2.05) is 0 Å². The molecule has 0 bridgehead atoms. The first kappa shape index (κ1) is 18.2. The number of carbonyl (C=O) groups excluding carboxylic acids is 1. The van der Waals surface area contributed by atoms with Crippen molar-refractivity contribution >= 4 is 5.91 Å². The van der Waals surface area contributed by atoms with Crippen molar-refractivity contribution in [3.63, 3.8) is 0 Å². The molecule has 144 valence electrons. The van der Waals surface area contributed by atoms with E-state index in [1.165, 1.54) is 18.2 Å². The molecule has 0 fully saturated rings. The quantitative estimate of drug-likeness (QED) is 0.690. The third-order valence-corrected chi connectivity index (χ3v) is 4.75. The third kappa shape index (κ3) is 3.60. The van der Waals surface area contributed by atoms with Gasteiger partial charge in [0, 0.05) is 18.2 Å². The van der Waals surface area contributed by atoms with Crippen LogP contribution in [0.1, 0.15) is 27.2 Å². The molecule has 0 aliphatic carbocycles. The van der Waals surface area contributed by atoms with E-state index in [9.17, 15) is 13.6 Å². The SMILES string of the molecule is Cc1ccc(C(=O)N2CCn3nc(OCc4ccccc4F)cc3C2)c(F)c1. The van der Waals surface area contributed by atoms with Gasteiger partial charge in [0.15, 0.2) is 0 Å². The number of halogens is 2. The first-order valence-corrected chi connectivity index (χ1v) is 8.99. The van der Waals surface area contributed by atoms with Gasteiger partial charge >= 0.3 is 0 Å². The number of aromatic nitrogens is 2. The Labute approximate surface area is 161 Å². The average molecular weight is 383 g/mol. The lowest BCUT2D eigenvalue weighted by Crippen LogP contribution is -2.38. The van der Waals surface area contributed by atoms with Gasteiger partial charge in [-0.25, -0.2) is 8.78 Å². The Bertz CT molecular complexity index is 1030. The molecule has 1 amide bonds. The zero-order valence-corrected chi connectivity index (χ0v) is 15.4. The van der Waals surface area contributed by atoms with Gasteiger partial charge in [0.1, 0.15) is 18.2 Å². The van der Waals surface area contributed by atoms with Crippen LogP contribution in [0.25, 0.3) is 0 Å². The molecule has 0 unspecified atom stereocenters. The van der Waals surface area contributed by atoms with Crippen LogP contribution in [-0.2, 0) is 19.7 Å². The number of ether oxygens (including phenoxy) is 1. The molecule has 0 atom stereocenters. The molecule has 3 aromatic rings. The third-order valence-electron chi connectivity index (χ3n) is 4.75. The van der Waals surface area contributed by atoms with Gasteiger partial charge in [-0.3, -0.25) is 9.48 Å². The summed E-state index contributed by atoms with van der Waals surface area (Å²) in [5.41, 5.74) is 2.06. The van der Waals surface area contributed by atoms with Crippen molar-refractivity contribution in [2.24, 2.45) is 0 Å². The number of rotatable bonds is 4. The largest absolute Gasteiger partial charge is 0.472 e. The predicted molar refractivity (Wildman–Crippen MR) is 98.8 cm³/mol. The van der Waals surface area contributed by atoms with Crippen molar-refractivity contribution < 1.29 is 18.3 Å².